The summed E-state index contributed by atoms with van der Waals surface area (Å²) in [6, 6.07) is 8.79. The Morgan fingerprint density at radius 1 is 1.20 bits per heavy atom. The summed E-state index contributed by atoms with van der Waals surface area (Å²) in [5.41, 5.74) is 9.11. The molecule has 3 N–H and O–H groups in total. The minimum absolute atomic E-state index is 0.222. The van der Waals surface area contributed by atoms with E-state index in [1.807, 2.05) is 12.1 Å². The number of nitrogens with zero attached hydrogens (tertiary/aromatic N) is 3. The maximum Gasteiger partial charge on any atom is 0.224 e. The van der Waals surface area contributed by atoms with Gasteiger partial charge in [0.15, 0.2) is 11.0 Å². The van der Waals surface area contributed by atoms with Gasteiger partial charge in [-0.3, -0.25) is 0 Å². The minimum atomic E-state index is 0.222. The van der Waals surface area contributed by atoms with E-state index in [4.69, 9.17) is 27.1 Å². The second-order valence-corrected chi connectivity index (χ2v) is 9.28. The molecule has 6 nitrogen and oxygen atoms in total. The monoisotopic (exact) mass is 441 g/mol. The average Bonchev–Trinajstić information content (AvgIpc) is 3.25. The van der Waals surface area contributed by atoms with Gasteiger partial charge in [-0.25, -0.2) is 4.98 Å². The molecular weight excluding hydrogens is 418 g/mol. The Morgan fingerprint density at radius 2 is 2.10 bits per heavy atom. The molecule has 2 aliphatic rings. The average molecular weight is 442 g/mol. The normalized spacial score (nSPS) is 18.2. The summed E-state index contributed by atoms with van der Waals surface area (Å²) >= 11 is 8.32. The lowest BCUT2D eigenvalue weighted by Gasteiger charge is -2.20. The highest BCUT2D eigenvalue weighted by atomic mass is 35.5. The molecule has 1 fully saturated rings. The molecule has 0 radical (unpaired) electrons. The second kappa shape index (κ2) is 8.67. The first-order valence-corrected chi connectivity index (χ1v) is 11.7. The minimum Gasteiger partial charge on any atom is -0.372 e. The van der Waals surface area contributed by atoms with Crippen molar-refractivity contribution in [2.24, 2.45) is 0 Å². The van der Waals surface area contributed by atoms with Crippen molar-refractivity contribution in [3.8, 4) is 11.4 Å². The summed E-state index contributed by atoms with van der Waals surface area (Å²) in [6.07, 6.45) is 4.86. The highest BCUT2D eigenvalue weighted by Gasteiger charge is 2.21. The van der Waals surface area contributed by atoms with Gasteiger partial charge in [0, 0.05) is 17.4 Å². The van der Waals surface area contributed by atoms with Gasteiger partial charge >= 0.3 is 0 Å². The standard InChI is InChI=1S/C22H24ClN5OS/c23-17-10-14-12-29-11-13-4-1-7-16(18(13)14)19(17)20-26-21(24)28-22(27-20)30-9-3-6-15-5-2-8-25-15/h1,4,7,10,15,25H,2-3,5-6,8-9,11-12H2,(H2,24,26,27,28). The molecule has 3 aromatic rings. The van der Waals surface area contributed by atoms with E-state index >= 15 is 0 Å². The van der Waals surface area contributed by atoms with Gasteiger partial charge in [0.25, 0.3) is 0 Å². The summed E-state index contributed by atoms with van der Waals surface area (Å²) in [4.78, 5) is 13.5. The molecule has 0 amide bonds. The number of halogens is 1. The fraction of sp³-hybridized carbons (Fsp3) is 0.409. The van der Waals surface area contributed by atoms with Gasteiger partial charge in [-0.1, -0.05) is 41.6 Å². The van der Waals surface area contributed by atoms with Crippen LogP contribution in [-0.2, 0) is 18.0 Å². The zero-order valence-corrected chi connectivity index (χ0v) is 18.2. The van der Waals surface area contributed by atoms with Crippen LogP contribution in [-0.4, -0.2) is 33.3 Å². The number of hydrogen-bond donors (Lipinski definition) is 2. The quantitative estimate of drug-likeness (QED) is 0.427. The number of aromatic nitrogens is 3. The van der Waals surface area contributed by atoms with Gasteiger partial charge < -0.3 is 15.8 Å². The molecule has 0 aliphatic carbocycles. The van der Waals surface area contributed by atoms with E-state index in [-0.39, 0.29) is 5.95 Å². The molecule has 3 heterocycles. The highest BCUT2D eigenvalue weighted by molar-refractivity contribution is 7.99. The molecule has 156 valence electrons. The highest BCUT2D eigenvalue weighted by Crippen LogP contribution is 2.39. The van der Waals surface area contributed by atoms with Crippen LogP contribution in [0.5, 0.6) is 0 Å². The van der Waals surface area contributed by atoms with Crippen LogP contribution < -0.4 is 11.1 Å². The zero-order valence-electron chi connectivity index (χ0n) is 16.7. The zero-order chi connectivity index (χ0) is 20.5. The van der Waals surface area contributed by atoms with E-state index < -0.39 is 0 Å². The number of nitrogens with one attached hydrogen (secondary N) is 1. The van der Waals surface area contributed by atoms with Crippen LogP contribution in [0.1, 0.15) is 36.8 Å². The molecule has 30 heavy (non-hydrogen) atoms. The second-order valence-electron chi connectivity index (χ2n) is 7.81. The molecular formula is C22H24ClN5OS. The van der Waals surface area contributed by atoms with Crippen LogP contribution >= 0.6 is 23.4 Å². The topological polar surface area (TPSA) is 86.0 Å². The number of nitrogen functional groups attached to an aromatic ring is 1. The summed E-state index contributed by atoms with van der Waals surface area (Å²) in [6.45, 7) is 2.30. The number of nitrogens with two attached hydrogens (primary N) is 1. The van der Waals surface area contributed by atoms with Gasteiger partial charge in [-0.2, -0.15) is 9.97 Å². The molecule has 5 rings (SSSR count). The van der Waals surface area contributed by atoms with E-state index in [0.29, 0.717) is 35.3 Å². The Kier molecular flexibility index (Phi) is 5.78. The SMILES string of the molecule is Nc1nc(SCCCC2CCCN2)nc(-c2c(Cl)cc3c4c(cccc24)COC3)n1. The summed E-state index contributed by atoms with van der Waals surface area (Å²) in [5.74, 6) is 1.71. The summed E-state index contributed by atoms with van der Waals surface area (Å²) < 4.78 is 5.69. The summed E-state index contributed by atoms with van der Waals surface area (Å²) in [7, 11) is 0. The molecule has 2 aliphatic heterocycles. The first kappa shape index (κ1) is 20.0. The van der Waals surface area contributed by atoms with Crippen LogP contribution in [0.2, 0.25) is 5.02 Å². The van der Waals surface area contributed by atoms with E-state index in [2.05, 4.69) is 27.4 Å². The molecule has 0 spiro atoms. The van der Waals surface area contributed by atoms with Crippen molar-refractivity contribution in [3.05, 3.63) is 40.4 Å². The molecule has 1 unspecified atom stereocenters. The predicted octanol–water partition coefficient (Wildman–Crippen LogP) is 4.58. The third kappa shape index (κ3) is 3.99. The van der Waals surface area contributed by atoms with E-state index in [1.165, 1.54) is 24.6 Å². The van der Waals surface area contributed by atoms with Crippen LogP contribution in [0, 0.1) is 0 Å². The molecule has 0 bridgehead atoms. The molecule has 1 atom stereocenters. The van der Waals surface area contributed by atoms with Crippen LogP contribution in [0.25, 0.3) is 22.2 Å². The largest absolute Gasteiger partial charge is 0.372 e. The maximum atomic E-state index is 6.69. The van der Waals surface area contributed by atoms with Crippen molar-refractivity contribution in [2.45, 2.75) is 50.1 Å². The molecule has 1 saturated heterocycles. The number of ether oxygens (including phenoxy) is 1. The fourth-order valence-corrected chi connectivity index (χ4v) is 5.51. The van der Waals surface area contributed by atoms with Crippen molar-refractivity contribution in [3.63, 3.8) is 0 Å². The van der Waals surface area contributed by atoms with Gasteiger partial charge in [0.05, 0.1) is 18.2 Å². The third-order valence-corrected chi connectivity index (χ3v) is 6.97. The number of benzene rings is 2. The first-order chi connectivity index (χ1) is 14.7. The van der Waals surface area contributed by atoms with Gasteiger partial charge in [-0.05, 0) is 60.2 Å². The van der Waals surface area contributed by atoms with Crippen molar-refractivity contribution in [1.82, 2.24) is 20.3 Å². The molecule has 2 aromatic carbocycles. The molecule has 0 saturated carbocycles. The van der Waals surface area contributed by atoms with E-state index in [0.717, 1.165) is 40.8 Å². The summed E-state index contributed by atoms with van der Waals surface area (Å²) in [5, 5.41) is 7.01. The van der Waals surface area contributed by atoms with Crippen molar-refractivity contribution >= 4 is 40.1 Å². The maximum absolute atomic E-state index is 6.69. The Hall–Kier alpha value is -1.93. The van der Waals surface area contributed by atoms with Crippen molar-refractivity contribution < 1.29 is 4.74 Å². The van der Waals surface area contributed by atoms with Crippen molar-refractivity contribution in [1.29, 1.82) is 0 Å². The predicted molar refractivity (Wildman–Crippen MR) is 122 cm³/mol. The molecule has 1 aromatic heterocycles. The number of rotatable bonds is 6. The van der Waals surface area contributed by atoms with E-state index in [9.17, 15) is 0 Å². The van der Waals surface area contributed by atoms with Gasteiger partial charge in [0.2, 0.25) is 5.95 Å². The Labute approximate surface area is 185 Å². The third-order valence-electron chi connectivity index (χ3n) is 5.74. The van der Waals surface area contributed by atoms with Crippen LogP contribution in [0.4, 0.5) is 5.95 Å². The number of anilines is 1. The Balaban J connectivity index is 1.44. The van der Waals surface area contributed by atoms with Crippen LogP contribution in [0.15, 0.2) is 29.4 Å². The number of thioether (sulfide) groups is 1. The first-order valence-electron chi connectivity index (χ1n) is 10.4. The fourth-order valence-electron chi connectivity index (χ4n) is 4.39. The lowest BCUT2D eigenvalue weighted by molar-refractivity contribution is 0.103. The number of hydrogen-bond acceptors (Lipinski definition) is 7. The van der Waals surface area contributed by atoms with Gasteiger partial charge in [0.1, 0.15) is 0 Å². The van der Waals surface area contributed by atoms with Gasteiger partial charge in [-0.15, -0.1) is 0 Å². The molecule has 8 heteroatoms. The lowest BCUT2D eigenvalue weighted by Crippen LogP contribution is -2.21. The smallest absolute Gasteiger partial charge is 0.224 e. The van der Waals surface area contributed by atoms with E-state index in [1.54, 1.807) is 11.8 Å². The van der Waals surface area contributed by atoms with Crippen molar-refractivity contribution in [2.75, 3.05) is 18.0 Å². The Bertz CT molecular complexity index is 1090. The lowest BCUT2D eigenvalue weighted by atomic mass is 9.94. The Morgan fingerprint density at radius 3 is 2.97 bits per heavy atom. The van der Waals surface area contributed by atoms with Crippen LogP contribution in [0.3, 0.4) is 0 Å².